The van der Waals surface area contributed by atoms with Crippen LogP contribution in [-0.2, 0) is 23.8 Å². The van der Waals surface area contributed by atoms with Crippen LogP contribution in [0.3, 0.4) is 0 Å². The summed E-state index contributed by atoms with van der Waals surface area (Å²) in [7, 11) is 0. The third-order valence-corrected chi connectivity index (χ3v) is 3.82. The number of aliphatic hydroxyl groups excluding tert-OH is 3. The molecule has 0 radical (unpaired) electrons. The van der Waals surface area contributed by atoms with E-state index in [1.165, 1.54) is 0 Å². The average molecular weight is 373 g/mol. The first-order valence-corrected chi connectivity index (χ1v) is 8.44. The van der Waals surface area contributed by atoms with Gasteiger partial charge in [0, 0.05) is 12.5 Å². The van der Waals surface area contributed by atoms with E-state index in [0.717, 1.165) is 0 Å². The standard InChI is InChI=1S/C17H27NO8/c1-4-7-24-15-14(22)13(21)11(9-19)26-17(15)25-8-5-6-18-16(23)12(20)10(2)3/h1,10-11,13-15,17,19,21-22H,5-9H2,2-3H3,(H,18,23)/t11-,13-,14+,15+,17+/m1/s1. The van der Waals surface area contributed by atoms with Gasteiger partial charge in [-0.3, -0.25) is 9.59 Å². The maximum atomic E-state index is 11.5. The Labute approximate surface area is 152 Å². The molecular formula is C17H27NO8. The lowest BCUT2D eigenvalue weighted by Gasteiger charge is -2.41. The molecule has 148 valence electrons. The zero-order chi connectivity index (χ0) is 19.7. The highest BCUT2D eigenvalue weighted by molar-refractivity contribution is 6.36. The Balaban J connectivity index is 2.47. The Morgan fingerprint density at radius 1 is 1.27 bits per heavy atom. The minimum Gasteiger partial charge on any atom is -0.394 e. The summed E-state index contributed by atoms with van der Waals surface area (Å²) in [6.45, 7) is 2.99. The van der Waals surface area contributed by atoms with Crippen molar-refractivity contribution in [3.8, 4) is 12.3 Å². The van der Waals surface area contributed by atoms with Crippen LogP contribution in [0.25, 0.3) is 0 Å². The van der Waals surface area contributed by atoms with E-state index in [1.54, 1.807) is 13.8 Å². The fraction of sp³-hybridized carbons (Fsp3) is 0.765. The molecule has 0 unspecified atom stereocenters. The molecule has 0 aliphatic carbocycles. The van der Waals surface area contributed by atoms with Gasteiger partial charge in [0.2, 0.25) is 5.78 Å². The van der Waals surface area contributed by atoms with Gasteiger partial charge in [-0.25, -0.2) is 0 Å². The van der Waals surface area contributed by atoms with Crippen molar-refractivity contribution >= 4 is 11.7 Å². The zero-order valence-corrected chi connectivity index (χ0v) is 15.0. The third kappa shape index (κ3) is 6.32. The largest absolute Gasteiger partial charge is 0.394 e. The highest BCUT2D eigenvalue weighted by Crippen LogP contribution is 2.24. The summed E-state index contributed by atoms with van der Waals surface area (Å²) in [6, 6.07) is 0. The molecule has 0 aromatic rings. The van der Waals surface area contributed by atoms with Crippen molar-refractivity contribution in [1.82, 2.24) is 5.32 Å². The number of carbonyl (C=O) groups is 2. The summed E-state index contributed by atoms with van der Waals surface area (Å²) in [5.41, 5.74) is 0. The molecule has 1 aliphatic heterocycles. The molecule has 0 aromatic carbocycles. The van der Waals surface area contributed by atoms with Crippen LogP contribution in [0.5, 0.6) is 0 Å². The number of rotatable bonds is 10. The second-order valence-corrected chi connectivity index (χ2v) is 6.19. The number of hydrogen-bond donors (Lipinski definition) is 4. The zero-order valence-electron chi connectivity index (χ0n) is 15.0. The molecule has 1 fully saturated rings. The van der Waals surface area contributed by atoms with Gasteiger partial charge in [-0.15, -0.1) is 6.42 Å². The van der Waals surface area contributed by atoms with Crippen LogP contribution in [0, 0.1) is 18.3 Å². The first-order chi connectivity index (χ1) is 12.3. The summed E-state index contributed by atoms with van der Waals surface area (Å²) in [6.07, 6.45) is -0.282. The molecule has 1 amide bonds. The number of ether oxygens (including phenoxy) is 3. The van der Waals surface area contributed by atoms with Crippen molar-refractivity contribution in [3.63, 3.8) is 0 Å². The SMILES string of the molecule is C#CCO[C@@H]1[C@@H](OCCCNC(=O)C(=O)C(C)C)O[C@H](CO)[C@@H](O)[C@@H]1O. The molecule has 1 heterocycles. The van der Waals surface area contributed by atoms with Crippen LogP contribution >= 0.6 is 0 Å². The third-order valence-electron chi connectivity index (χ3n) is 3.82. The van der Waals surface area contributed by atoms with Crippen LogP contribution in [-0.4, -0.2) is 84.1 Å². The van der Waals surface area contributed by atoms with Gasteiger partial charge in [-0.1, -0.05) is 19.8 Å². The minimum absolute atomic E-state index is 0.116. The van der Waals surface area contributed by atoms with Crippen molar-refractivity contribution in [2.75, 3.05) is 26.4 Å². The van der Waals surface area contributed by atoms with Crippen molar-refractivity contribution < 1.29 is 39.1 Å². The first kappa shape index (κ1) is 22.5. The van der Waals surface area contributed by atoms with Crippen LogP contribution in [0.1, 0.15) is 20.3 Å². The van der Waals surface area contributed by atoms with E-state index in [1.807, 2.05) is 0 Å². The minimum atomic E-state index is -1.34. The van der Waals surface area contributed by atoms with Crippen molar-refractivity contribution in [2.24, 2.45) is 5.92 Å². The number of nitrogens with one attached hydrogen (secondary N) is 1. The van der Waals surface area contributed by atoms with Gasteiger partial charge in [-0.2, -0.15) is 0 Å². The van der Waals surface area contributed by atoms with E-state index in [9.17, 15) is 24.9 Å². The van der Waals surface area contributed by atoms with Gasteiger partial charge in [-0.05, 0) is 6.42 Å². The van der Waals surface area contributed by atoms with Gasteiger partial charge in [0.25, 0.3) is 5.91 Å². The van der Waals surface area contributed by atoms with E-state index in [4.69, 9.17) is 20.6 Å². The predicted octanol–water partition coefficient (Wildman–Crippen LogP) is -1.81. The molecule has 1 aliphatic rings. The molecule has 0 spiro atoms. The second-order valence-electron chi connectivity index (χ2n) is 6.19. The van der Waals surface area contributed by atoms with Gasteiger partial charge < -0.3 is 34.8 Å². The Morgan fingerprint density at radius 2 is 1.96 bits per heavy atom. The van der Waals surface area contributed by atoms with Gasteiger partial charge in [0.1, 0.15) is 31.0 Å². The Hall–Kier alpha value is -1.54. The number of aliphatic hydroxyl groups is 3. The number of terminal acetylenes is 1. The van der Waals surface area contributed by atoms with Crippen molar-refractivity contribution in [3.05, 3.63) is 0 Å². The fourth-order valence-corrected chi connectivity index (χ4v) is 2.33. The van der Waals surface area contributed by atoms with Crippen LogP contribution in [0.4, 0.5) is 0 Å². The van der Waals surface area contributed by atoms with Crippen molar-refractivity contribution in [2.45, 2.75) is 51.0 Å². The summed E-state index contributed by atoms with van der Waals surface area (Å²) < 4.78 is 16.2. The quantitative estimate of drug-likeness (QED) is 0.200. The van der Waals surface area contributed by atoms with Gasteiger partial charge in [0.05, 0.1) is 13.2 Å². The Morgan fingerprint density at radius 3 is 2.54 bits per heavy atom. The van der Waals surface area contributed by atoms with Crippen LogP contribution in [0.15, 0.2) is 0 Å². The Kier molecular flexibility index (Phi) is 9.72. The van der Waals surface area contributed by atoms with Gasteiger partial charge in [0.15, 0.2) is 6.29 Å². The van der Waals surface area contributed by atoms with E-state index in [-0.39, 0.29) is 25.7 Å². The highest BCUT2D eigenvalue weighted by Gasteiger charge is 2.45. The number of hydrogen-bond acceptors (Lipinski definition) is 8. The molecule has 1 saturated heterocycles. The summed E-state index contributed by atoms with van der Waals surface area (Å²) in [5.74, 6) is 0.731. The van der Waals surface area contributed by atoms with Crippen molar-refractivity contribution in [1.29, 1.82) is 0 Å². The van der Waals surface area contributed by atoms with E-state index >= 15 is 0 Å². The number of carbonyl (C=O) groups excluding carboxylic acids is 2. The molecule has 1 rings (SSSR count). The summed E-state index contributed by atoms with van der Waals surface area (Å²) in [5, 5.41) is 31.7. The summed E-state index contributed by atoms with van der Waals surface area (Å²) >= 11 is 0. The molecule has 0 bridgehead atoms. The lowest BCUT2D eigenvalue weighted by Crippen LogP contribution is -2.60. The Bertz CT molecular complexity index is 503. The topological polar surface area (TPSA) is 135 Å². The van der Waals surface area contributed by atoms with Crippen LogP contribution < -0.4 is 5.32 Å². The normalized spacial score (nSPS) is 28.6. The molecule has 9 heteroatoms. The summed E-state index contributed by atoms with van der Waals surface area (Å²) in [4.78, 5) is 23.0. The lowest BCUT2D eigenvalue weighted by molar-refractivity contribution is -0.308. The smallest absolute Gasteiger partial charge is 0.287 e. The molecule has 9 nitrogen and oxygen atoms in total. The van der Waals surface area contributed by atoms with E-state index in [0.29, 0.717) is 6.42 Å². The molecule has 0 saturated carbocycles. The van der Waals surface area contributed by atoms with Gasteiger partial charge >= 0.3 is 0 Å². The number of Topliss-reactive ketones (excluding diaryl/α,β-unsaturated/α-hetero) is 1. The number of ketones is 1. The molecule has 5 atom stereocenters. The maximum absolute atomic E-state index is 11.5. The maximum Gasteiger partial charge on any atom is 0.287 e. The fourth-order valence-electron chi connectivity index (χ4n) is 2.33. The highest BCUT2D eigenvalue weighted by atomic mass is 16.7. The molecule has 0 aromatic heterocycles. The van der Waals surface area contributed by atoms with Crippen LogP contribution in [0.2, 0.25) is 0 Å². The molecule has 4 N–H and O–H groups in total. The lowest BCUT2D eigenvalue weighted by atomic mass is 9.99. The van der Waals surface area contributed by atoms with E-state index in [2.05, 4.69) is 11.2 Å². The molecule has 26 heavy (non-hydrogen) atoms. The first-order valence-electron chi connectivity index (χ1n) is 8.44. The van der Waals surface area contributed by atoms with E-state index < -0.39 is 49.0 Å². The monoisotopic (exact) mass is 373 g/mol. The average Bonchev–Trinajstić information content (AvgIpc) is 2.62. The number of amides is 1. The predicted molar refractivity (Wildman–Crippen MR) is 89.8 cm³/mol. The molecular weight excluding hydrogens is 346 g/mol. The second kappa shape index (κ2) is 11.2.